The van der Waals surface area contributed by atoms with Crippen molar-refractivity contribution in [1.82, 2.24) is 15.2 Å². The van der Waals surface area contributed by atoms with Gasteiger partial charge in [0.2, 0.25) is 0 Å². The zero-order valence-electron chi connectivity index (χ0n) is 18.7. The van der Waals surface area contributed by atoms with Crippen molar-refractivity contribution in [2.75, 3.05) is 7.11 Å². The number of aromatic nitrogens is 3. The summed E-state index contributed by atoms with van der Waals surface area (Å²) in [5, 5.41) is 8.49. The smallest absolute Gasteiger partial charge is 0.181 e. The summed E-state index contributed by atoms with van der Waals surface area (Å²) in [4.78, 5) is 17.9. The number of pyridine rings is 1. The van der Waals surface area contributed by atoms with Crippen LogP contribution in [0.1, 0.15) is 58.4 Å². The highest BCUT2D eigenvalue weighted by molar-refractivity contribution is 5.98. The molecule has 1 aliphatic carbocycles. The third-order valence-corrected chi connectivity index (χ3v) is 6.33. The first-order chi connectivity index (χ1) is 15.6. The molecule has 4 aromatic rings. The number of Topliss-reactive ketones (excluding diaryl/α,β-unsaturated/α-hetero) is 1. The van der Waals surface area contributed by atoms with E-state index < -0.39 is 0 Å². The van der Waals surface area contributed by atoms with Crippen LogP contribution in [0.4, 0.5) is 0 Å². The topological polar surface area (TPSA) is 67.9 Å². The van der Waals surface area contributed by atoms with Crippen LogP contribution in [0.5, 0.6) is 5.75 Å². The lowest BCUT2D eigenvalue weighted by Gasteiger charge is -2.10. The molecular formula is C27H27N3O2. The van der Waals surface area contributed by atoms with Crippen molar-refractivity contribution in [2.45, 2.75) is 45.4 Å². The number of hydrogen-bond donors (Lipinski definition) is 1. The average Bonchev–Trinajstić information content (AvgIpc) is 3.59. The van der Waals surface area contributed by atoms with Gasteiger partial charge in [-0.1, -0.05) is 19.1 Å². The van der Waals surface area contributed by atoms with Crippen molar-refractivity contribution in [3.8, 4) is 17.0 Å². The number of fused-ring (bicyclic) bond motifs is 1. The zero-order valence-corrected chi connectivity index (χ0v) is 18.7. The predicted molar refractivity (Wildman–Crippen MR) is 126 cm³/mol. The first kappa shape index (κ1) is 20.4. The van der Waals surface area contributed by atoms with Gasteiger partial charge in [-0.15, -0.1) is 0 Å². The summed E-state index contributed by atoms with van der Waals surface area (Å²) in [6, 6.07) is 16.2. The maximum atomic E-state index is 13.1. The molecule has 2 aromatic heterocycles. The Morgan fingerprint density at radius 1 is 1.12 bits per heavy atom. The van der Waals surface area contributed by atoms with Gasteiger partial charge < -0.3 is 4.74 Å². The first-order valence-electron chi connectivity index (χ1n) is 11.2. The van der Waals surface area contributed by atoms with E-state index in [1.807, 2.05) is 24.3 Å². The number of hydrogen-bond acceptors (Lipinski definition) is 4. The molecule has 0 spiro atoms. The fourth-order valence-corrected chi connectivity index (χ4v) is 4.27. The number of nitrogens with zero attached hydrogens (tertiary/aromatic N) is 2. The molecule has 0 amide bonds. The fraction of sp³-hybridized carbons (Fsp3) is 0.296. The van der Waals surface area contributed by atoms with E-state index in [1.54, 1.807) is 7.11 Å². The molecule has 0 atom stereocenters. The molecule has 1 saturated carbocycles. The molecule has 2 heterocycles. The minimum absolute atomic E-state index is 0.101. The van der Waals surface area contributed by atoms with Crippen molar-refractivity contribution in [2.24, 2.45) is 0 Å². The van der Waals surface area contributed by atoms with Gasteiger partial charge in [0.1, 0.15) is 5.75 Å². The van der Waals surface area contributed by atoms with Crippen LogP contribution in [-0.2, 0) is 12.8 Å². The molecule has 0 bridgehead atoms. The number of H-pyrrole nitrogens is 1. The van der Waals surface area contributed by atoms with Gasteiger partial charge in [-0.3, -0.25) is 9.89 Å². The Kier molecular flexibility index (Phi) is 5.25. The highest BCUT2D eigenvalue weighted by Gasteiger charge is 2.25. The lowest BCUT2D eigenvalue weighted by molar-refractivity contribution is 0.0992. The number of rotatable bonds is 7. The van der Waals surface area contributed by atoms with E-state index in [-0.39, 0.29) is 5.78 Å². The van der Waals surface area contributed by atoms with Crippen LogP contribution in [0.3, 0.4) is 0 Å². The number of benzene rings is 2. The summed E-state index contributed by atoms with van der Waals surface area (Å²) >= 11 is 0. The van der Waals surface area contributed by atoms with E-state index in [9.17, 15) is 4.79 Å². The number of ketones is 1. The van der Waals surface area contributed by atoms with Crippen molar-refractivity contribution in [1.29, 1.82) is 0 Å². The van der Waals surface area contributed by atoms with Crippen LogP contribution in [0.15, 0.2) is 48.5 Å². The van der Waals surface area contributed by atoms with E-state index in [4.69, 9.17) is 9.72 Å². The fourth-order valence-electron chi connectivity index (χ4n) is 4.27. The largest absolute Gasteiger partial charge is 0.497 e. The highest BCUT2D eigenvalue weighted by atomic mass is 16.5. The number of methoxy groups -OCH3 is 1. The van der Waals surface area contributed by atoms with Crippen LogP contribution < -0.4 is 4.74 Å². The van der Waals surface area contributed by atoms with Gasteiger partial charge >= 0.3 is 0 Å². The molecule has 1 fully saturated rings. The molecule has 0 radical (unpaired) electrons. The number of carbonyl (C=O) groups is 1. The Morgan fingerprint density at radius 3 is 2.72 bits per heavy atom. The Bertz CT molecular complexity index is 1320. The van der Waals surface area contributed by atoms with Gasteiger partial charge in [-0.05, 0) is 85.2 Å². The van der Waals surface area contributed by atoms with E-state index in [1.165, 1.54) is 18.4 Å². The molecule has 0 saturated heterocycles. The molecule has 2 aromatic carbocycles. The van der Waals surface area contributed by atoms with Crippen molar-refractivity contribution in [3.05, 3.63) is 76.5 Å². The Balaban J connectivity index is 1.44. The summed E-state index contributed by atoms with van der Waals surface area (Å²) in [5.74, 6) is 1.42. The molecule has 5 nitrogen and oxygen atoms in total. The zero-order chi connectivity index (χ0) is 22.2. The summed E-state index contributed by atoms with van der Waals surface area (Å²) in [5.41, 5.74) is 7.75. The molecule has 5 heteroatoms. The highest BCUT2D eigenvalue weighted by Crippen LogP contribution is 2.41. The third-order valence-electron chi connectivity index (χ3n) is 6.33. The minimum Gasteiger partial charge on any atom is -0.497 e. The van der Waals surface area contributed by atoms with Gasteiger partial charge in [-0.25, -0.2) is 4.98 Å². The van der Waals surface area contributed by atoms with Crippen LogP contribution in [0.25, 0.3) is 22.3 Å². The molecule has 0 aliphatic heterocycles. The maximum absolute atomic E-state index is 13.1. The lowest BCUT2D eigenvalue weighted by Crippen LogP contribution is -2.05. The Labute approximate surface area is 187 Å². The second-order valence-electron chi connectivity index (χ2n) is 8.64. The normalized spacial score (nSPS) is 13.5. The number of aromatic amines is 1. The first-order valence-corrected chi connectivity index (χ1v) is 11.2. The quantitative estimate of drug-likeness (QED) is 0.380. The summed E-state index contributed by atoms with van der Waals surface area (Å²) in [6.07, 6.45) is 3.61. The van der Waals surface area contributed by atoms with Gasteiger partial charge in [0.15, 0.2) is 11.4 Å². The minimum atomic E-state index is 0.101. The van der Waals surface area contributed by atoms with Gasteiger partial charge in [0.25, 0.3) is 0 Å². The van der Waals surface area contributed by atoms with Crippen molar-refractivity contribution >= 4 is 16.8 Å². The second kappa shape index (κ2) is 8.23. The average molecular weight is 426 g/mol. The molecule has 0 unspecified atom stereocenters. The van der Waals surface area contributed by atoms with Crippen LogP contribution in [-0.4, -0.2) is 28.1 Å². The number of carbonyl (C=O) groups excluding carboxylic acids is 1. The van der Waals surface area contributed by atoms with Gasteiger partial charge in [0, 0.05) is 28.6 Å². The Hall–Kier alpha value is -3.47. The standard InChI is InChI=1S/C27H27N3O2/c1-4-24-22-9-10-25(28-27(22)30-29-24)23-11-17(6-5-16(23)2)12-26(31)20-13-19(18-7-8-18)14-21(15-20)32-3/h5-6,9-11,13-15,18H,4,7-8,12H2,1-3H3,(H,28,29,30). The molecule has 1 N–H and O–H groups in total. The number of ether oxygens (including phenoxy) is 1. The van der Waals surface area contributed by atoms with Crippen molar-refractivity contribution in [3.63, 3.8) is 0 Å². The Morgan fingerprint density at radius 2 is 1.97 bits per heavy atom. The maximum Gasteiger partial charge on any atom is 0.181 e. The molecule has 32 heavy (non-hydrogen) atoms. The summed E-state index contributed by atoms with van der Waals surface area (Å²) in [6.45, 7) is 4.17. The molecule has 162 valence electrons. The second-order valence-corrected chi connectivity index (χ2v) is 8.64. The van der Waals surface area contributed by atoms with Gasteiger partial charge in [-0.2, -0.15) is 5.10 Å². The molecule has 1 aliphatic rings. The van der Waals surface area contributed by atoms with E-state index in [0.717, 1.165) is 56.8 Å². The summed E-state index contributed by atoms with van der Waals surface area (Å²) < 4.78 is 5.44. The lowest BCUT2D eigenvalue weighted by atomic mass is 9.96. The molecule has 5 rings (SSSR count). The monoisotopic (exact) mass is 425 g/mol. The van der Waals surface area contributed by atoms with E-state index >= 15 is 0 Å². The SMILES string of the molecule is CCc1[nH]nc2nc(-c3cc(CC(=O)c4cc(OC)cc(C5CC5)c4)ccc3C)ccc12. The van der Waals surface area contributed by atoms with Crippen LogP contribution in [0, 0.1) is 6.92 Å². The number of aryl methyl sites for hydroxylation is 2. The predicted octanol–water partition coefficient (Wildman–Crippen LogP) is 5.81. The number of nitrogens with one attached hydrogen (secondary N) is 1. The van der Waals surface area contributed by atoms with Crippen molar-refractivity contribution < 1.29 is 9.53 Å². The summed E-state index contributed by atoms with van der Waals surface area (Å²) in [7, 11) is 1.65. The van der Waals surface area contributed by atoms with E-state index in [2.05, 4.69) is 48.3 Å². The van der Waals surface area contributed by atoms with Crippen LogP contribution >= 0.6 is 0 Å². The van der Waals surface area contributed by atoms with Gasteiger partial charge in [0.05, 0.1) is 12.8 Å². The molecular weight excluding hydrogens is 398 g/mol. The van der Waals surface area contributed by atoms with Crippen LogP contribution in [0.2, 0.25) is 0 Å². The third kappa shape index (κ3) is 3.91. The van der Waals surface area contributed by atoms with E-state index in [0.29, 0.717) is 12.3 Å².